The van der Waals surface area contributed by atoms with Crippen molar-refractivity contribution in [2.45, 2.75) is 26.2 Å². The van der Waals surface area contributed by atoms with Crippen LogP contribution in [0.2, 0.25) is 0 Å². The van der Waals surface area contributed by atoms with E-state index in [0.717, 1.165) is 47.6 Å². The Kier molecular flexibility index (Phi) is 4.91. The van der Waals surface area contributed by atoms with Crippen LogP contribution in [-0.2, 0) is 6.42 Å². The van der Waals surface area contributed by atoms with Gasteiger partial charge in [-0.3, -0.25) is 4.79 Å². The molecule has 4 aromatic rings. The molecule has 0 radical (unpaired) electrons. The van der Waals surface area contributed by atoms with Crippen LogP contribution >= 0.6 is 0 Å². The van der Waals surface area contributed by atoms with E-state index < -0.39 is 0 Å². The maximum atomic E-state index is 11.2. The molecule has 0 saturated carbocycles. The summed E-state index contributed by atoms with van der Waals surface area (Å²) in [7, 11) is 1.66. The number of ether oxygens (including phenoxy) is 1. The molecule has 1 aliphatic carbocycles. The van der Waals surface area contributed by atoms with Gasteiger partial charge in [0.2, 0.25) is 5.88 Å². The lowest BCUT2D eigenvalue weighted by molar-refractivity contribution is 0.112. The minimum absolute atomic E-state index is 0.591. The molecule has 31 heavy (non-hydrogen) atoms. The fraction of sp³-hybridized carbons (Fsp3) is 0.185. The van der Waals surface area contributed by atoms with Crippen LogP contribution in [-0.4, -0.2) is 23.4 Å². The fourth-order valence-electron chi connectivity index (χ4n) is 4.65. The highest BCUT2D eigenvalue weighted by atomic mass is 16.5. The second kappa shape index (κ2) is 7.88. The summed E-state index contributed by atoms with van der Waals surface area (Å²) in [6, 6.07) is 18.9. The van der Waals surface area contributed by atoms with Gasteiger partial charge in [0.25, 0.3) is 0 Å². The number of pyridine rings is 1. The lowest BCUT2D eigenvalue weighted by Crippen LogP contribution is -1.99. The molecule has 0 amide bonds. The van der Waals surface area contributed by atoms with Crippen molar-refractivity contribution >= 4 is 28.3 Å². The highest BCUT2D eigenvalue weighted by molar-refractivity contribution is 6.02. The number of rotatable bonds is 4. The summed E-state index contributed by atoms with van der Waals surface area (Å²) < 4.78 is 5.40. The summed E-state index contributed by atoms with van der Waals surface area (Å²) in [5, 5.41) is 1.03. The van der Waals surface area contributed by atoms with Crippen molar-refractivity contribution < 1.29 is 9.53 Å². The molecule has 0 fully saturated rings. The molecule has 2 heterocycles. The summed E-state index contributed by atoms with van der Waals surface area (Å²) >= 11 is 0. The summed E-state index contributed by atoms with van der Waals surface area (Å²) in [6.07, 6.45) is 5.84. The normalized spacial score (nSPS) is 13.7. The molecule has 0 aliphatic heterocycles. The largest absolute Gasteiger partial charge is 0.481 e. The van der Waals surface area contributed by atoms with E-state index in [1.807, 2.05) is 12.3 Å². The first kappa shape index (κ1) is 19.3. The first-order valence-electron chi connectivity index (χ1n) is 10.6. The molecule has 2 aromatic heterocycles. The van der Waals surface area contributed by atoms with E-state index in [-0.39, 0.29) is 0 Å². The smallest absolute Gasteiger partial charge is 0.213 e. The Morgan fingerprint density at radius 3 is 2.71 bits per heavy atom. The maximum absolute atomic E-state index is 11.2. The third kappa shape index (κ3) is 3.44. The van der Waals surface area contributed by atoms with E-state index in [1.165, 1.54) is 27.8 Å². The lowest BCUT2D eigenvalue weighted by Gasteiger charge is -2.18. The Bertz CT molecular complexity index is 1330. The van der Waals surface area contributed by atoms with Gasteiger partial charge in [0.05, 0.1) is 12.8 Å². The van der Waals surface area contributed by atoms with Crippen LogP contribution in [0.25, 0.3) is 22.0 Å². The van der Waals surface area contributed by atoms with Gasteiger partial charge < -0.3 is 9.72 Å². The molecule has 1 aliphatic rings. The van der Waals surface area contributed by atoms with Gasteiger partial charge in [-0.2, -0.15) is 0 Å². The van der Waals surface area contributed by atoms with Gasteiger partial charge in [-0.1, -0.05) is 30.3 Å². The Labute approximate surface area is 181 Å². The third-order valence-corrected chi connectivity index (χ3v) is 6.15. The van der Waals surface area contributed by atoms with Crippen molar-refractivity contribution in [2.24, 2.45) is 0 Å². The van der Waals surface area contributed by atoms with Crippen LogP contribution in [0.3, 0.4) is 0 Å². The Morgan fingerprint density at radius 1 is 1.03 bits per heavy atom. The number of methoxy groups -OCH3 is 1. The average Bonchev–Trinajstić information content (AvgIpc) is 3.12. The number of carbonyl (C=O) groups excluding carboxylic acids is 1. The molecule has 154 valence electrons. The van der Waals surface area contributed by atoms with Gasteiger partial charge in [-0.15, -0.1) is 0 Å². The Balaban J connectivity index is 1.81. The van der Waals surface area contributed by atoms with E-state index in [2.05, 4.69) is 65.4 Å². The number of carbonyl (C=O) groups is 1. The number of hydrogen-bond donors (Lipinski definition) is 1. The van der Waals surface area contributed by atoms with Gasteiger partial charge in [-0.25, -0.2) is 4.98 Å². The molecule has 0 spiro atoms. The lowest BCUT2D eigenvalue weighted by atomic mass is 9.87. The van der Waals surface area contributed by atoms with Crippen LogP contribution in [0.15, 0.2) is 60.8 Å². The fourth-order valence-corrected chi connectivity index (χ4v) is 4.65. The van der Waals surface area contributed by atoms with Crippen molar-refractivity contribution in [3.05, 3.63) is 94.3 Å². The van der Waals surface area contributed by atoms with Gasteiger partial charge in [0.1, 0.15) is 0 Å². The van der Waals surface area contributed by atoms with E-state index in [9.17, 15) is 4.79 Å². The third-order valence-electron chi connectivity index (χ3n) is 6.15. The van der Waals surface area contributed by atoms with Crippen molar-refractivity contribution in [2.75, 3.05) is 7.11 Å². The van der Waals surface area contributed by atoms with Crippen LogP contribution < -0.4 is 4.74 Å². The Hall–Kier alpha value is -3.66. The molecule has 1 N–H and O–H groups in total. The predicted octanol–water partition coefficient (Wildman–Crippen LogP) is 5.99. The molecule has 5 rings (SSSR count). The van der Waals surface area contributed by atoms with Crippen molar-refractivity contribution in [1.82, 2.24) is 9.97 Å². The summed E-state index contributed by atoms with van der Waals surface area (Å²) in [5.74, 6) is 0.647. The SMILES string of the molecule is COc1cc2c(cn1)C(c1ccc3[nH]c(C=O)cc3c1)=C(c1ccccc1C)CCC2. The van der Waals surface area contributed by atoms with E-state index >= 15 is 0 Å². The molecule has 0 saturated heterocycles. The van der Waals surface area contributed by atoms with Crippen LogP contribution in [0, 0.1) is 6.92 Å². The molecular formula is C27H24N2O2. The van der Waals surface area contributed by atoms with Crippen molar-refractivity contribution in [3.63, 3.8) is 0 Å². The number of nitrogens with one attached hydrogen (secondary N) is 1. The summed E-state index contributed by atoms with van der Waals surface area (Å²) in [4.78, 5) is 19.0. The molecule has 0 bridgehead atoms. The topological polar surface area (TPSA) is 55.0 Å². The molecular weight excluding hydrogens is 384 g/mol. The molecule has 4 nitrogen and oxygen atoms in total. The molecule has 4 heteroatoms. The van der Waals surface area contributed by atoms with Crippen molar-refractivity contribution in [3.8, 4) is 5.88 Å². The van der Waals surface area contributed by atoms with E-state index in [4.69, 9.17) is 4.74 Å². The summed E-state index contributed by atoms with van der Waals surface area (Å²) in [5.41, 5.74) is 10.2. The predicted molar refractivity (Wildman–Crippen MR) is 125 cm³/mol. The number of nitrogens with zero attached hydrogens (tertiary/aromatic N) is 1. The van der Waals surface area contributed by atoms with E-state index in [0.29, 0.717) is 11.6 Å². The van der Waals surface area contributed by atoms with Gasteiger partial charge in [-0.05, 0) is 77.8 Å². The second-order valence-electron chi connectivity index (χ2n) is 8.05. The number of allylic oxidation sites excluding steroid dienone is 1. The molecule has 0 atom stereocenters. The van der Waals surface area contributed by atoms with Gasteiger partial charge >= 0.3 is 0 Å². The monoisotopic (exact) mass is 408 g/mol. The number of aldehydes is 1. The summed E-state index contributed by atoms with van der Waals surface area (Å²) in [6.45, 7) is 2.17. The van der Waals surface area contributed by atoms with Crippen molar-refractivity contribution in [1.29, 1.82) is 0 Å². The zero-order chi connectivity index (χ0) is 21.4. The van der Waals surface area contributed by atoms with Crippen LogP contribution in [0.5, 0.6) is 5.88 Å². The standard InChI is InChI=1S/C27H24N2O2/c1-17-6-3-4-8-22(17)23-9-5-7-18-14-26(31-2)28-15-24(18)27(23)19-10-11-25-20(12-19)13-21(16-30)29-25/h3-4,6,8,10-16,29H,5,7,9H2,1-2H3. The Morgan fingerprint density at radius 2 is 1.90 bits per heavy atom. The number of benzene rings is 2. The first-order valence-corrected chi connectivity index (χ1v) is 10.6. The maximum Gasteiger partial charge on any atom is 0.213 e. The number of aromatic nitrogens is 2. The number of fused-ring (bicyclic) bond motifs is 2. The van der Waals surface area contributed by atoms with E-state index in [1.54, 1.807) is 7.11 Å². The minimum Gasteiger partial charge on any atom is -0.481 e. The van der Waals surface area contributed by atoms with Gasteiger partial charge in [0, 0.05) is 28.7 Å². The zero-order valence-corrected chi connectivity index (χ0v) is 17.7. The van der Waals surface area contributed by atoms with Crippen LogP contribution in [0.1, 0.15) is 51.1 Å². The number of aryl methyl sites for hydroxylation is 2. The zero-order valence-electron chi connectivity index (χ0n) is 17.7. The van der Waals surface area contributed by atoms with Crippen LogP contribution in [0.4, 0.5) is 0 Å². The van der Waals surface area contributed by atoms with Gasteiger partial charge in [0.15, 0.2) is 6.29 Å². The highest BCUT2D eigenvalue weighted by Crippen LogP contribution is 2.41. The average molecular weight is 409 g/mol. The minimum atomic E-state index is 0.591. The number of H-pyrrole nitrogens is 1. The molecule has 0 unspecified atom stereocenters. The highest BCUT2D eigenvalue weighted by Gasteiger charge is 2.22. The second-order valence-corrected chi connectivity index (χ2v) is 8.05. The number of hydrogen-bond acceptors (Lipinski definition) is 3. The number of aromatic amines is 1. The first-order chi connectivity index (χ1) is 15.2. The molecule has 2 aromatic carbocycles. The quantitative estimate of drug-likeness (QED) is 0.422.